The van der Waals surface area contributed by atoms with Crippen molar-refractivity contribution < 1.29 is 27.6 Å². The van der Waals surface area contributed by atoms with Gasteiger partial charge in [0.25, 0.3) is 11.8 Å². The molecule has 5 rings (SSSR count). The molecule has 2 atom stereocenters. The van der Waals surface area contributed by atoms with E-state index in [2.05, 4.69) is 16.0 Å². The molecule has 10 nitrogen and oxygen atoms in total. The van der Waals surface area contributed by atoms with E-state index in [1.165, 1.54) is 0 Å². The zero-order valence-electron chi connectivity index (χ0n) is 16.6. The third-order valence-corrected chi connectivity index (χ3v) is 9.34. The normalized spacial score (nSPS) is 28.6. The average molecular weight is 446 g/mol. The molecule has 4 aliphatic rings. The minimum atomic E-state index is -3.19. The Balaban J connectivity index is 1.35. The lowest BCUT2D eigenvalue weighted by atomic mass is 9.94. The number of nitrogens with one attached hydrogen (secondary N) is 3. The first-order valence-electron chi connectivity index (χ1n) is 10.2. The number of fused-ring (bicyclic) bond motifs is 1. The van der Waals surface area contributed by atoms with Crippen LogP contribution in [0.2, 0.25) is 0 Å². The minimum Gasteiger partial charge on any atom is -0.313 e. The Labute approximate surface area is 178 Å². The fraction of sp³-hybridized carbons (Fsp3) is 0.500. The molecule has 3 fully saturated rings. The zero-order valence-corrected chi connectivity index (χ0v) is 17.5. The Morgan fingerprint density at radius 3 is 2.55 bits per heavy atom. The second-order valence-electron chi connectivity index (χ2n) is 8.64. The zero-order chi connectivity index (χ0) is 22.0. The maximum Gasteiger partial charge on any atom is 0.262 e. The summed E-state index contributed by atoms with van der Waals surface area (Å²) >= 11 is 0. The predicted molar refractivity (Wildman–Crippen MR) is 108 cm³/mol. The third-order valence-electron chi connectivity index (χ3n) is 6.73. The second kappa shape index (κ2) is 6.94. The smallest absolute Gasteiger partial charge is 0.262 e. The van der Waals surface area contributed by atoms with Crippen molar-refractivity contribution in [2.75, 3.05) is 18.8 Å². The van der Waals surface area contributed by atoms with E-state index in [1.807, 2.05) is 0 Å². The van der Waals surface area contributed by atoms with Gasteiger partial charge in [-0.05, 0) is 24.5 Å². The lowest BCUT2D eigenvalue weighted by molar-refractivity contribution is -0.136. The summed E-state index contributed by atoms with van der Waals surface area (Å²) in [6, 6.07) is 3.67. The summed E-state index contributed by atoms with van der Waals surface area (Å²) in [5.74, 6) is -2.15. The largest absolute Gasteiger partial charge is 0.313 e. The van der Waals surface area contributed by atoms with Gasteiger partial charge in [-0.3, -0.25) is 29.4 Å². The van der Waals surface area contributed by atoms with Gasteiger partial charge in [0.2, 0.25) is 11.8 Å². The number of sulfone groups is 1. The molecule has 0 aliphatic carbocycles. The molecular weight excluding hydrogens is 424 g/mol. The Bertz CT molecular complexity index is 1130. The van der Waals surface area contributed by atoms with Crippen molar-refractivity contribution in [3.8, 4) is 0 Å². The quantitative estimate of drug-likeness (QED) is 0.485. The number of piperidine rings is 1. The summed E-state index contributed by atoms with van der Waals surface area (Å²) in [4.78, 5) is 50.6. The second-order valence-corrected chi connectivity index (χ2v) is 11.1. The van der Waals surface area contributed by atoms with Gasteiger partial charge in [-0.1, -0.05) is 12.1 Å². The van der Waals surface area contributed by atoms with Crippen LogP contribution in [0.4, 0.5) is 0 Å². The highest BCUT2D eigenvalue weighted by molar-refractivity contribution is 7.93. The highest BCUT2D eigenvalue weighted by Crippen LogP contribution is 2.36. The van der Waals surface area contributed by atoms with E-state index in [0.29, 0.717) is 25.1 Å². The summed E-state index contributed by atoms with van der Waals surface area (Å²) in [7, 11) is -3.19. The molecule has 3 saturated heterocycles. The van der Waals surface area contributed by atoms with Crippen LogP contribution in [0.15, 0.2) is 18.2 Å². The average Bonchev–Trinajstić information content (AvgIpc) is 3.11. The summed E-state index contributed by atoms with van der Waals surface area (Å²) < 4.78 is 24.3. The van der Waals surface area contributed by atoms with Gasteiger partial charge < -0.3 is 10.6 Å². The van der Waals surface area contributed by atoms with Crippen molar-refractivity contribution in [1.82, 2.24) is 20.9 Å². The molecular formula is C20H22N4O6S. The van der Waals surface area contributed by atoms with E-state index < -0.39 is 44.3 Å². The van der Waals surface area contributed by atoms with Gasteiger partial charge >= 0.3 is 0 Å². The van der Waals surface area contributed by atoms with Crippen LogP contribution in [-0.2, 0) is 26.0 Å². The molecule has 164 valence electrons. The van der Waals surface area contributed by atoms with E-state index in [9.17, 15) is 27.6 Å². The molecule has 4 amide bonds. The summed E-state index contributed by atoms with van der Waals surface area (Å²) in [6.07, 6.45) is 0.664. The molecule has 4 heterocycles. The van der Waals surface area contributed by atoms with E-state index in [-0.39, 0.29) is 42.3 Å². The van der Waals surface area contributed by atoms with Gasteiger partial charge in [-0.2, -0.15) is 0 Å². The maximum atomic E-state index is 13.1. The molecule has 0 saturated carbocycles. The van der Waals surface area contributed by atoms with Gasteiger partial charge in [0, 0.05) is 32.1 Å². The fourth-order valence-electron chi connectivity index (χ4n) is 4.96. The third kappa shape index (κ3) is 3.02. The number of carbonyl (C=O) groups excluding carboxylic acids is 4. The number of nitrogens with zero attached hydrogens (tertiary/aromatic N) is 1. The molecule has 11 heteroatoms. The Kier molecular flexibility index (Phi) is 4.54. The number of imide groups is 2. The monoisotopic (exact) mass is 446 g/mol. The molecule has 1 spiro atoms. The Hall–Kier alpha value is -2.63. The van der Waals surface area contributed by atoms with Crippen molar-refractivity contribution >= 4 is 33.5 Å². The SMILES string of the molecule is O=C1CCC(N2C(=O)c3cccc(CNC4CC5(CNC5)S(=O)(=O)C4)c3C2=O)C(=O)N1. The highest BCUT2D eigenvalue weighted by Gasteiger charge is 2.55. The van der Waals surface area contributed by atoms with E-state index in [1.54, 1.807) is 18.2 Å². The first-order chi connectivity index (χ1) is 14.7. The minimum absolute atomic E-state index is 0.0407. The summed E-state index contributed by atoms with van der Waals surface area (Å²) in [5, 5.41) is 8.45. The Morgan fingerprint density at radius 2 is 1.90 bits per heavy atom. The number of rotatable bonds is 4. The lowest BCUT2D eigenvalue weighted by Gasteiger charge is -2.37. The van der Waals surface area contributed by atoms with E-state index in [0.717, 1.165) is 4.90 Å². The van der Waals surface area contributed by atoms with Crippen molar-refractivity contribution in [2.45, 2.75) is 42.6 Å². The van der Waals surface area contributed by atoms with Crippen molar-refractivity contribution in [3.05, 3.63) is 34.9 Å². The molecule has 1 aromatic carbocycles. The molecule has 0 bridgehead atoms. The number of hydrogen-bond acceptors (Lipinski definition) is 8. The van der Waals surface area contributed by atoms with Crippen LogP contribution in [0.1, 0.15) is 45.5 Å². The molecule has 31 heavy (non-hydrogen) atoms. The lowest BCUT2D eigenvalue weighted by Crippen LogP contribution is -2.62. The molecule has 1 aromatic rings. The molecule has 3 N–H and O–H groups in total. The number of amides is 4. The van der Waals surface area contributed by atoms with Crippen molar-refractivity contribution in [3.63, 3.8) is 0 Å². The Morgan fingerprint density at radius 1 is 1.13 bits per heavy atom. The van der Waals surface area contributed by atoms with Crippen LogP contribution in [0.25, 0.3) is 0 Å². The number of carbonyl (C=O) groups is 4. The van der Waals surface area contributed by atoms with Crippen LogP contribution in [0.5, 0.6) is 0 Å². The van der Waals surface area contributed by atoms with Crippen LogP contribution in [0.3, 0.4) is 0 Å². The van der Waals surface area contributed by atoms with Crippen LogP contribution in [0, 0.1) is 0 Å². The molecule has 0 radical (unpaired) electrons. The first kappa shape index (κ1) is 20.3. The topological polar surface area (TPSA) is 142 Å². The van der Waals surface area contributed by atoms with Crippen molar-refractivity contribution in [2.24, 2.45) is 0 Å². The molecule has 2 unspecified atom stereocenters. The standard InChI is InChI=1S/C20H22N4O6S/c25-15-5-4-14(17(26)23-15)24-18(27)13-3-1-2-11(16(13)19(24)28)7-22-12-6-20(9-21-10-20)31(29,30)8-12/h1-3,12,14,21-22H,4-10H2,(H,23,25,26). The summed E-state index contributed by atoms with van der Waals surface area (Å²) in [6.45, 7) is 1.15. The van der Waals surface area contributed by atoms with Gasteiger partial charge in [0.15, 0.2) is 9.84 Å². The number of benzene rings is 1. The highest BCUT2D eigenvalue weighted by atomic mass is 32.2. The van der Waals surface area contributed by atoms with Crippen LogP contribution in [-0.4, -0.2) is 72.6 Å². The van der Waals surface area contributed by atoms with E-state index in [4.69, 9.17) is 0 Å². The van der Waals surface area contributed by atoms with Crippen molar-refractivity contribution in [1.29, 1.82) is 0 Å². The fourth-order valence-corrected chi connectivity index (χ4v) is 7.18. The molecule has 4 aliphatic heterocycles. The maximum absolute atomic E-state index is 13.1. The van der Waals surface area contributed by atoms with Crippen LogP contribution < -0.4 is 16.0 Å². The summed E-state index contributed by atoms with van der Waals surface area (Å²) in [5.41, 5.74) is 1.02. The van der Waals surface area contributed by atoms with E-state index >= 15 is 0 Å². The van der Waals surface area contributed by atoms with Gasteiger partial charge in [-0.25, -0.2) is 8.42 Å². The first-order valence-corrected chi connectivity index (χ1v) is 11.9. The molecule has 0 aromatic heterocycles. The predicted octanol–water partition coefficient (Wildman–Crippen LogP) is -1.29. The van der Waals surface area contributed by atoms with Crippen LogP contribution >= 0.6 is 0 Å². The van der Waals surface area contributed by atoms with Gasteiger partial charge in [-0.15, -0.1) is 0 Å². The number of hydrogen-bond donors (Lipinski definition) is 3. The van der Waals surface area contributed by atoms with Gasteiger partial charge in [0.1, 0.15) is 6.04 Å². The van der Waals surface area contributed by atoms with Gasteiger partial charge in [0.05, 0.1) is 21.6 Å².